The molecule has 3 heterocycles. The monoisotopic (exact) mass is 685 g/mol. The van der Waals surface area contributed by atoms with Crippen LogP contribution in [0, 0.1) is 0 Å². The number of thiazole rings is 1. The summed E-state index contributed by atoms with van der Waals surface area (Å²) < 4.78 is 109. The molecule has 2 aliphatic heterocycles. The number of piperidine rings is 1. The number of nitrogens with zero attached hydrogens (tertiary/aromatic N) is 3. The van der Waals surface area contributed by atoms with Gasteiger partial charge in [-0.25, -0.2) is 13.8 Å². The first-order valence-corrected chi connectivity index (χ1v) is 13.9. The molecular formula is C24H21Cl2F8N3O5S. The number of aliphatic hydroxyl groups excluding tert-OH is 2. The molecule has 2 aliphatic rings. The molecule has 0 aliphatic carbocycles. The Balaban J connectivity index is 1.87. The fourth-order valence-corrected chi connectivity index (χ4v) is 6.65. The first kappa shape index (κ1) is 33.6. The zero-order valence-electron chi connectivity index (χ0n) is 21.6. The standard InChI is InChI=1S/C24H21Cl2F8N3O5S/c1-9-5-21(27,28)8-37(9)19(40)16-17(43-18(35-16)20(41)36-6-10(38)4-11(39)7-36)12-2-3-13(15(26)14(12)25)22(42,23(29,30)31)24(32,33)34/h2-3,9-11,38-39,42H,4-8H2,1H3/t9?,10-,11+. The van der Waals surface area contributed by atoms with Crippen molar-refractivity contribution < 1.29 is 60.0 Å². The Morgan fingerprint density at radius 2 is 1.56 bits per heavy atom. The number of carbonyl (C=O) groups excluding carboxylic acids is 2. The number of aliphatic hydroxyl groups is 3. The Hall–Kier alpha value is -2.31. The highest BCUT2D eigenvalue weighted by Crippen LogP contribution is 2.54. The Labute approximate surface area is 251 Å². The maximum absolute atomic E-state index is 14.1. The first-order valence-electron chi connectivity index (χ1n) is 12.3. The van der Waals surface area contributed by atoms with Crippen LogP contribution >= 0.6 is 34.5 Å². The minimum atomic E-state index is -6.30. The van der Waals surface area contributed by atoms with Gasteiger partial charge in [-0.1, -0.05) is 35.3 Å². The molecule has 2 amide bonds. The number of likely N-dealkylation sites (tertiary alicyclic amines) is 2. The third kappa shape index (κ3) is 6.03. The smallest absolute Gasteiger partial charge is 0.391 e. The summed E-state index contributed by atoms with van der Waals surface area (Å²) in [5.41, 5.74) is -8.48. The number of amides is 2. The van der Waals surface area contributed by atoms with Crippen LogP contribution in [0.25, 0.3) is 10.4 Å². The van der Waals surface area contributed by atoms with Gasteiger partial charge in [0.1, 0.15) is 5.69 Å². The summed E-state index contributed by atoms with van der Waals surface area (Å²) in [6.07, 6.45) is -15.6. The zero-order valence-corrected chi connectivity index (χ0v) is 23.9. The summed E-state index contributed by atoms with van der Waals surface area (Å²) in [5, 5.41) is 26.9. The second-order valence-electron chi connectivity index (χ2n) is 10.3. The maximum Gasteiger partial charge on any atom is 0.430 e. The van der Waals surface area contributed by atoms with E-state index < -0.39 is 104 Å². The van der Waals surface area contributed by atoms with Gasteiger partial charge >= 0.3 is 12.4 Å². The van der Waals surface area contributed by atoms with Crippen molar-refractivity contribution in [2.24, 2.45) is 0 Å². The van der Waals surface area contributed by atoms with E-state index in [0.717, 1.165) is 9.80 Å². The Bertz CT molecular complexity index is 1410. The van der Waals surface area contributed by atoms with Crippen LogP contribution in [0.5, 0.6) is 0 Å². The van der Waals surface area contributed by atoms with Gasteiger partial charge in [-0.2, -0.15) is 26.3 Å². The van der Waals surface area contributed by atoms with Crippen molar-refractivity contribution in [1.82, 2.24) is 14.8 Å². The van der Waals surface area contributed by atoms with Crippen molar-refractivity contribution in [3.63, 3.8) is 0 Å². The van der Waals surface area contributed by atoms with E-state index >= 15 is 0 Å². The van der Waals surface area contributed by atoms with Gasteiger partial charge < -0.3 is 25.1 Å². The highest BCUT2D eigenvalue weighted by Gasteiger charge is 2.72. The molecule has 2 aromatic rings. The van der Waals surface area contributed by atoms with Crippen LogP contribution in [0.3, 0.4) is 0 Å². The highest BCUT2D eigenvalue weighted by molar-refractivity contribution is 7.17. The number of rotatable bonds is 4. The van der Waals surface area contributed by atoms with E-state index in [4.69, 9.17) is 23.2 Å². The third-order valence-electron chi connectivity index (χ3n) is 7.03. The Morgan fingerprint density at radius 1 is 1.00 bits per heavy atom. The summed E-state index contributed by atoms with van der Waals surface area (Å²) in [5.74, 6) is -5.36. The number of hydrogen-bond acceptors (Lipinski definition) is 7. The van der Waals surface area contributed by atoms with Crippen LogP contribution in [-0.2, 0) is 5.60 Å². The van der Waals surface area contributed by atoms with Crippen molar-refractivity contribution in [2.75, 3.05) is 19.6 Å². The lowest BCUT2D eigenvalue weighted by Gasteiger charge is -2.33. The number of halogens is 10. The SMILES string of the molecule is CC1CC(F)(F)CN1C(=O)c1nc(C(=O)N2C[C@H](O)C[C@H](O)C2)sc1-c1ccc(C(O)(C(F)(F)F)C(F)(F)F)c(Cl)c1Cl. The summed E-state index contributed by atoms with van der Waals surface area (Å²) in [4.78, 5) is 32.0. The molecule has 0 spiro atoms. The fourth-order valence-electron chi connectivity index (χ4n) is 4.98. The maximum atomic E-state index is 14.1. The number of alkyl halides is 8. The number of aromatic nitrogens is 1. The normalized spacial score (nSPS) is 23.2. The summed E-state index contributed by atoms with van der Waals surface area (Å²) >= 11 is 12.4. The topological polar surface area (TPSA) is 114 Å². The van der Waals surface area contributed by atoms with Gasteiger partial charge in [0.2, 0.25) is 0 Å². The van der Waals surface area contributed by atoms with Crippen molar-refractivity contribution in [1.29, 1.82) is 0 Å². The zero-order chi connectivity index (χ0) is 32.4. The van der Waals surface area contributed by atoms with Crippen LogP contribution in [0.2, 0.25) is 10.0 Å². The molecule has 8 nitrogen and oxygen atoms in total. The molecule has 1 aromatic heterocycles. The molecule has 19 heteroatoms. The van der Waals surface area contributed by atoms with Crippen LogP contribution < -0.4 is 0 Å². The predicted molar refractivity (Wildman–Crippen MR) is 136 cm³/mol. The summed E-state index contributed by atoms with van der Waals surface area (Å²) in [6.45, 7) is -0.243. The van der Waals surface area contributed by atoms with E-state index in [1.165, 1.54) is 6.92 Å². The van der Waals surface area contributed by atoms with Crippen LogP contribution in [0.4, 0.5) is 35.1 Å². The van der Waals surface area contributed by atoms with Crippen LogP contribution in [0.15, 0.2) is 12.1 Å². The van der Waals surface area contributed by atoms with Gasteiger partial charge in [0.05, 0.1) is 33.7 Å². The minimum absolute atomic E-state index is 0.0413. The summed E-state index contributed by atoms with van der Waals surface area (Å²) in [7, 11) is 0. The number of benzene rings is 1. The molecule has 2 saturated heterocycles. The molecule has 0 saturated carbocycles. The first-order chi connectivity index (χ1) is 19.6. The molecule has 3 atom stereocenters. The lowest BCUT2D eigenvalue weighted by Crippen LogP contribution is -2.54. The lowest BCUT2D eigenvalue weighted by atomic mass is 9.91. The predicted octanol–water partition coefficient (Wildman–Crippen LogP) is 4.87. The van der Waals surface area contributed by atoms with E-state index in [2.05, 4.69) is 4.98 Å². The molecule has 1 aromatic carbocycles. The van der Waals surface area contributed by atoms with E-state index in [9.17, 15) is 60.0 Å². The molecule has 2 fully saturated rings. The van der Waals surface area contributed by atoms with E-state index in [-0.39, 0.29) is 25.6 Å². The Kier molecular flexibility index (Phi) is 8.78. The number of hydrogen-bond donors (Lipinski definition) is 3. The van der Waals surface area contributed by atoms with Gasteiger partial charge in [-0.3, -0.25) is 9.59 Å². The average molecular weight is 686 g/mol. The molecule has 0 bridgehead atoms. The van der Waals surface area contributed by atoms with Crippen LogP contribution in [-0.4, -0.2) is 98.1 Å². The van der Waals surface area contributed by atoms with E-state index in [1.54, 1.807) is 0 Å². The molecule has 238 valence electrons. The van der Waals surface area contributed by atoms with Gasteiger partial charge in [-0.05, 0) is 6.92 Å². The molecule has 43 heavy (non-hydrogen) atoms. The third-order valence-corrected chi connectivity index (χ3v) is 8.99. The van der Waals surface area contributed by atoms with Crippen LogP contribution in [0.1, 0.15) is 45.6 Å². The molecule has 3 N–H and O–H groups in total. The molecule has 4 rings (SSSR count). The second kappa shape index (κ2) is 11.2. The number of β-amino-alcohol motifs (C(OH)–C–C–N with tert-alkyl or cyclic N) is 2. The molecular weight excluding hydrogens is 665 g/mol. The summed E-state index contributed by atoms with van der Waals surface area (Å²) in [6, 6.07) is -0.260. The van der Waals surface area contributed by atoms with Gasteiger partial charge in [0.25, 0.3) is 23.3 Å². The van der Waals surface area contributed by atoms with Crippen molar-refractivity contribution >= 4 is 46.4 Å². The van der Waals surface area contributed by atoms with Crippen molar-refractivity contribution in [3.8, 4) is 10.4 Å². The van der Waals surface area contributed by atoms with E-state index in [1.807, 2.05) is 0 Å². The van der Waals surface area contributed by atoms with Crippen molar-refractivity contribution in [2.45, 2.75) is 61.9 Å². The molecule has 0 radical (unpaired) electrons. The van der Waals surface area contributed by atoms with Gasteiger partial charge in [0.15, 0.2) is 5.01 Å². The number of carbonyl (C=O) groups is 2. The molecule has 1 unspecified atom stereocenters. The quantitative estimate of drug-likeness (QED) is 0.396. The van der Waals surface area contributed by atoms with E-state index in [0.29, 0.717) is 17.4 Å². The Morgan fingerprint density at radius 3 is 2.05 bits per heavy atom. The van der Waals surface area contributed by atoms with Gasteiger partial charge in [0, 0.05) is 43.1 Å². The second-order valence-corrected chi connectivity index (χ2v) is 12.0. The highest BCUT2D eigenvalue weighted by atomic mass is 35.5. The fraction of sp³-hybridized carbons (Fsp3) is 0.542. The minimum Gasteiger partial charge on any atom is -0.391 e. The largest absolute Gasteiger partial charge is 0.430 e. The van der Waals surface area contributed by atoms with Gasteiger partial charge in [-0.15, -0.1) is 11.3 Å². The lowest BCUT2D eigenvalue weighted by molar-refractivity contribution is -0.376. The van der Waals surface area contributed by atoms with Crippen molar-refractivity contribution in [3.05, 3.63) is 38.4 Å². The average Bonchev–Trinajstić information content (AvgIpc) is 3.42.